The predicted octanol–water partition coefficient (Wildman–Crippen LogP) is 0.735. The Hall–Kier alpha value is -1.10. The Morgan fingerprint density at radius 1 is 1.38 bits per heavy atom. The van der Waals surface area contributed by atoms with Crippen LogP contribution in [-0.2, 0) is 14.3 Å². The summed E-state index contributed by atoms with van der Waals surface area (Å²) in [6, 6.07) is 0. The molecule has 0 aromatic carbocycles. The van der Waals surface area contributed by atoms with Crippen LogP contribution in [0.4, 0.5) is 0 Å². The van der Waals surface area contributed by atoms with Gasteiger partial charge in [-0.3, -0.25) is 4.79 Å². The number of amides is 1. The summed E-state index contributed by atoms with van der Waals surface area (Å²) in [4.78, 5) is 23.8. The molecule has 0 atom stereocenters. The second kappa shape index (κ2) is 5.84. The molecule has 1 rings (SSSR count). The van der Waals surface area contributed by atoms with Crippen LogP contribution in [0.2, 0.25) is 0 Å². The van der Waals surface area contributed by atoms with Crippen molar-refractivity contribution < 1.29 is 19.4 Å². The van der Waals surface area contributed by atoms with Crippen LogP contribution in [0.15, 0.2) is 0 Å². The molecule has 0 aliphatic carbocycles. The Kier molecular flexibility index (Phi) is 4.73. The Labute approximate surface area is 95.4 Å². The van der Waals surface area contributed by atoms with E-state index in [0.29, 0.717) is 13.1 Å². The van der Waals surface area contributed by atoms with E-state index in [0.717, 1.165) is 12.8 Å². The van der Waals surface area contributed by atoms with E-state index in [-0.39, 0.29) is 24.5 Å². The number of carbonyl (C=O) groups is 2. The first-order chi connectivity index (χ1) is 7.50. The third kappa shape index (κ3) is 3.81. The molecule has 1 amide bonds. The predicted molar refractivity (Wildman–Crippen MR) is 58.0 cm³/mol. The molecule has 92 valence electrons. The highest BCUT2D eigenvalue weighted by atomic mass is 16.5. The summed E-state index contributed by atoms with van der Waals surface area (Å²) in [5.41, 5.74) is 0. The molecule has 0 aromatic rings. The van der Waals surface area contributed by atoms with Gasteiger partial charge in [-0.2, -0.15) is 0 Å². The number of carboxylic acid groups (broad SMARTS) is 1. The van der Waals surface area contributed by atoms with Crippen LogP contribution < -0.4 is 0 Å². The molecule has 1 aliphatic heterocycles. The van der Waals surface area contributed by atoms with E-state index in [1.807, 2.05) is 18.7 Å². The van der Waals surface area contributed by atoms with Gasteiger partial charge in [0.25, 0.3) is 0 Å². The minimum absolute atomic E-state index is 0.0210. The van der Waals surface area contributed by atoms with Gasteiger partial charge in [0, 0.05) is 19.0 Å². The SMILES string of the molecule is CC(C)C(=O)N1CCC(OCC(=O)O)CC1. The highest BCUT2D eigenvalue weighted by Crippen LogP contribution is 2.15. The summed E-state index contributed by atoms with van der Waals surface area (Å²) in [6.45, 7) is 4.86. The molecule has 5 nitrogen and oxygen atoms in total. The maximum absolute atomic E-state index is 11.7. The summed E-state index contributed by atoms with van der Waals surface area (Å²) < 4.78 is 5.20. The number of piperidine rings is 1. The van der Waals surface area contributed by atoms with E-state index in [4.69, 9.17) is 9.84 Å². The normalized spacial score (nSPS) is 17.8. The van der Waals surface area contributed by atoms with Crippen molar-refractivity contribution in [1.29, 1.82) is 0 Å². The van der Waals surface area contributed by atoms with Crippen molar-refractivity contribution in [3.05, 3.63) is 0 Å². The number of ether oxygens (including phenoxy) is 1. The molecule has 0 saturated carbocycles. The van der Waals surface area contributed by atoms with Gasteiger partial charge in [-0.25, -0.2) is 4.79 Å². The smallest absolute Gasteiger partial charge is 0.329 e. The summed E-state index contributed by atoms with van der Waals surface area (Å²) in [5.74, 6) is -0.756. The minimum Gasteiger partial charge on any atom is -0.480 e. The van der Waals surface area contributed by atoms with Crippen molar-refractivity contribution in [3.63, 3.8) is 0 Å². The zero-order valence-corrected chi connectivity index (χ0v) is 9.81. The third-order valence-electron chi connectivity index (χ3n) is 2.69. The van der Waals surface area contributed by atoms with Crippen LogP contribution in [-0.4, -0.2) is 47.7 Å². The van der Waals surface area contributed by atoms with Crippen molar-refractivity contribution in [2.24, 2.45) is 5.92 Å². The van der Waals surface area contributed by atoms with E-state index in [1.54, 1.807) is 0 Å². The van der Waals surface area contributed by atoms with Gasteiger partial charge in [0.15, 0.2) is 0 Å². The fourth-order valence-electron chi connectivity index (χ4n) is 1.80. The largest absolute Gasteiger partial charge is 0.480 e. The quantitative estimate of drug-likeness (QED) is 0.772. The Morgan fingerprint density at radius 2 is 1.94 bits per heavy atom. The first-order valence-electron chi connectivity index (χ1n) is 5.63. The number of nitrogens with zero attached hydrogens (tertiary/aromatic N) is 1. The van der Waals surface area contributed by atoms with Crippen molar-refractivity contribution >= 4 is 11.9 Å². The van der Waals surface area contributed by atoms with Gasteiger partial charge < -0.3 is 14.7 Å². The molecule has 1 N–H and O–H groups in total. The molecule has 5 heteroatoms. The van der Waals surface area contributed by atoms with Gasteiger partial charge >= 0.3 is 5.97 Å². The number of likely N-dealkylation sites (tertiary alicyclic amines) is 1. The average Bonchev–Trinajstić information content (AvgIpc) is 2.26. The number of carbonyl (C=O) groups excluding carboxylic acids is 1. The Bertz CT molecular complexity index is 257. The maximum atomic E-state index is 11.7. The van der Waals surface area contributed by atoms with Crippen LogP contribution in [0.25, 0.3) is 0 Å². The molecule has 0 aromatic heterocycles. The summed E-state index contributed by atoms with van der Waals surface area (Å²) >= 11 is 0. The lowest BCUT2D eigenvalue weighted by Gasteiger charge is -2.32. The topological polar surface area (TPSA) is 66.8 Å². The van der Waals surface area contributed by atoms with E-state index in [1.165, 1.54) is 0 Å². The zero-order chi connectivity index (χ0) is 12.1. The van der Waals surface area contributed by atoms with Crippen molar-refractivity contribution in [2.45, 2.75) is 32.8 Å². The second-order valence-electron chi connectivity index (χ2n) is 4.38. The van der Waals surface area contributed by atoms with Gasteiger partial charge in [-0.1, -0.05) is 13.8 Å². The summed E-state index contributed by atoms with van der Waals surface area (Å²) in [6.07, 6.45) is 1.43. The first-order valence-corrected chi connectivity index (χ1v) is 5.63. The lowest BCUT2D eigenvalue weighted by Crippen LogP contribution is -2.42. The van der Waals surface area contributed by atoms with Gasteiger partial charge in [0.2, 0.25) is 5.91 Å². The van der Waals surface area contributed by atoms with Crippen LogP contribution >= 0.6 is 0 Å². The molecule has 0 radical (unpaired) electrons. The highest BCUT2D eigenvalue weighted by Gasteiger charge is 2.24. The van der Waals surface area contributed by atoms with E-state index in [9.17, 15) is 9.59 Å². The van der Waals surface area contributed by atoms with Gasteiger partial charge in [0.05, 0.1) is 6.10 Å². The minimum atomic E-state index is -0.944. The number of rotatable bonds is 4. The molecular formula is C11H19NO4. The molecule has 0 bridgehead atoms. The molecular weight excluding hydrogens is 210 g/mol. The number of carboxylic acids is 1. The number of aliphatic carboxylic acids is 1. The van der Waals surface area contributed by atoms with Crippen LogP contribution in [0, 0.1) is 5.92 Å². The molecule has 1 saturated heterocycles. The average molecular weight is 229 g/mol. The second-order valence-corrected chi connectivity index (χ2v) is 4.38. The van der Waals surface area contributed by atoms with Crippen molar-refractivity contribution in [1.82, 2.24) is 4.90 Å². The fraction of sp³-hybridized carbons (Fsp3) is 0.818. The van der Waals surface area contributed by atoms with E-state index in [2.05, 4.69) is 0 Å². The molecule has 1 heterocycles. The number of hydrogen-bond acceptors (Lipinski definition) is 3. The molecule has 0 spiro atoms. The van der Waals surface area contributed by atoms with Gasteiger partial charge in [0.1, 0.15) is 6.61 Å². The molecule has 1 fully saturated rings. The van der Waals surface area contributed by atoms with Crippen LogP contribution in [0.1, 0.15) is 26.7 Å². The van der Waals surface area contributed by atoms with Crippen molar-refractivity contribution in [3.8, 4) is 0 Å². The fourth-order valence-corrected chi connectivity index (χ4v) is 1.80. The lowest BCUT2D eigenvalue weighted by molar-refractivity contribution is -0.147. The molecule has 16 heavy (non-hydrogen) atoms. The van der Waals surface area contributed by atoms with Gasteiger partial charge in [-0.15, -0.1) is 0 Å². The summed E-state index contributed by atoms with van der Waals surface area (Å²) in [7, 11) is 0. The van der Waals surface area contributed by atoms with E-state index < -0.39 is 5.97 Å². The number of hydrogen-bond donors (Lipinski definition) is 1. The highest BCUT2D eigenvalue weighted by molar-refractivity contribution is 5.78. The lowest BCUT2D eigenvalue weighted by atomic mass is 10.1. The Morgan fingerprint density at radius 3 is 2.38 bits per heavy atom. The standard InChI is InChI=1S/C11H19NO4/c1-8(2)11(15)12-5-3-9(4-6-12)16-7-10(13)14/h8-9H,3-7H2,1-2H3,(H,13,14). The Balaban J connectivity index is 2.28. The monoisotopic (exact) mass is 229 g/mol. The third-order valence-corrected chi connectivity index (χ3v) is 2.69. The molecule has 1 aliphatic rings. The van der Waals surface area contributed by atoms with Gasteiger partial charge in [-0.05, 0) is 12.8 Å². The summed E-state index contributed by atoms with van der Waals surface area (Å²) in [5, 5.41) is 8.47. The van der Waals surface area contributed by atoms with E-state index >= 15 is 0 Å². The molecule has 0 unspecified atom stereocenters. The maximum Gasteiger partial charge on any atom is 0.329 e. The zero-order valence-electron chi connectivity index (χ0n) is 9.81. The first kappa shape index (κ1) is 13.0. The van der Waals surface area contributed by atoms with Crippen LogP contribution in [0.5, 0.6) is 0 Å². The van der Waals surface area contributed by atoms with Crippen molar-refractivity contribution in [2.75, 3.05) is 19.7 Å². The van der Waals surface area contributed by atoms with Crippen LogP contribution in [0.3, 0.4) is 0 Å².